The molecule has 0 aromatic carbocycles. The maximum atomic E-state index is 13.7. The van der Waals surface area contributed by atoms with Gasteiger partial charge in [-0.15, -0.1) is 0 Å². The fourth-order valence-electron chi connectivity index (χ4n) is 11.7. The summed E-state index contributed by atoms with van der Waals surface area (Å²) in [6.45, 7) is 17.6. The molecule has 1 heterocycles. The number of carbonyl (C=O) groups is 2. The van der Waals surface area contributed by atoms with Crippen LogP contribution in [-0.4, -0.2) is 24.1 Å². The molecule has 5 fully saturated rings. The molecule has 11 atom stereocenters. The summed E-state index contributed by atoms with van der Waals surface area (Å²) in [5.74, 6) is 2.44. The highest BCUT2D eigenvalue weighted by atomic mass is 16.6. The quantitative estimate of drug-likeness (QED) is 0.249. The zero-order chi connectivity index (χ0) is 25.2. The summed E-state index contributed by atoms with van der Waals surface area (Å²) in [6.07, 6.45) is 13.4. The van der Waals surface area contributed by atoms with Gasteiger partial charge in [0.15, 0.2) is 0 Å². The van der Waals surface area contributed by atoms with Gasteiger partial charge >= 0.3 is 5.97 Å². The van der Waals surface area contributed by atoms with Gasteiger partial charge in [0.1, 0.15) is 11.7 Å². The van der Waals surface area contributed by atoms with Gasteiger partial charge in [0, 0.05) is 16.7 Å². The Bertz CT molecular complexity index is 984. The molecule has 5 aliphatic carbocycles. The second kappa shape index (κ2) is 6.95. The molecular weight excluding hydrogens is 436 g/mol. The van der Waals surface area contributed by atoms with Gasteiger partial charge in [0.2, 0.25) is 0 Å². The number of allylic oxidation sites excluding steroid dienone is 1. The van der Waals surface area contributed by atoms with Crippen LogP contribution >= 0.6 is 0 Å². The Morgan fingerprint density at radius 3 is 2.43 bits per heavy atom. The molecule has 35 heavy (non-hydrogen) atoms. The number of esters is 1. The van der Waals surface area contributed by atoms with Crippen LogP contribution in [0.3, 0.4) is 0 Å². The zero-order valence-electron chi connectivity index (χ0n) is 23.0. The molecule has 0 aromatic rings. The van der Waals surface area contributed by atoms with Crippen molar-refractivity contribution in [3.05, 3.63) is 12.2 Å². The van der Waals surface area contributed by atoms with Crippen molar-refractivity contribution >= 4 is 12.4 Å². The molecular formula is C31H46O4. The first-order valence-electron chi connectivity index (χ1n) is 14.4. The Kier molecular flexibility index (Phi) is 4.78. The summed E-state index contributed by atoms with van der Waals surface area (Å²) >= 11 is 0. The minimum absolute atomic E-state index is 0.00686. The molecule has 6 aliphatic rings. The Labute approximate surface area is 212 Å². The van der Waals surface area contributed by atoms with E-state index in [1.165, 1.54) is 0 Å². The van der Waals surface area contributed by atoms with E-state index in [-0.39, 0.29) is 45.1 Å². The summed E-state index contributed by atoms with van der Waals surface area (Å²) in [5.41, 5.74) is -0.653. The first-order valence-corrected chi connectivity index (χ1v) is 14.4. The van der Waals surface area contributed by atoms with Crippen molar-refractivity contribution in [1.82, 2.24) is 0 Å². The monoisotopic (exact) mass is 482 g/mol. The van der Waals surface area contributed by atoms with Crippen LogP contribution in [0, 0.1) is 56.7 Å². The lowest BCUT2D eigenvalue weighted by Gasteiger charge is -2.72. The van der Waals surface area contributed by atoms with Gasteiger partial charge in [0.25, 0.3) is 6.47 Å². The van der Waals surface area contributed by atoms with E-state index in [1.807, 2.05) is 0 Å². The SMILES string of the molecule is C[C@@H]1CC[C@@]23CC[C@]4(C)[C@@](C=CC5[C@@]6(C)CCC(OC=O)C(C)(C)[C@@H]6CC[C@]54C)(OC2=O)C3[C@H]1C. The highest BCUT2D eigenvalue weighted by molar-refractivity contribution is 5.82. The van der Waals surface area contributed by atoms with Crippen LogP contribution in [0.2, 0.25) is 0 Å². The van der Waals surface area contributed by atoms with Crippen molar-refractivity contribution in [1.29, 1.82) is 0 Å². The first-order chi connectivity index (χ1) is 16.3. The van der Waals surface area contributed by atoms with Crippen LogP contribution in [0.1, 0.15) is 99.8 Å². The number of hydrogen-bond acceptors (Lipinski definition) is 4. The largest absolute Gasteiger partial charge is 0.464 e. The molecule has 0 N–H and O–H groups in total. The Morgan fingerprint density at radius 1 is 0.971 bits per heavy atom. The third kappa shape index (κ3) is 2.47. The third-order valence-corrected chi connectivity index (χ3v) is 14.0. The van der Waals surface area contributed by atoms with Gasteiger partial charge in [-0.2, -0.15) is 0 Å². The maximum absolute atomic E-state index is 13.7. The maximum Gasteiger partial charge on any atom is 0.313 e. The molecule has 4 nitrogen and oxygen atoms in total. The van der Waals surface area contributed by atoms with Crippen molar-refractivity contribution in [2.75, 3.05) is 0 Å². The standard InChI is InChI=1S/C31H46O4/c1-19-8-14-30-17-16-29(7)28(6)13-9-21-26(3,4)23(34-18-32)11-12-27(21,5)22(28)10-15-31(29,35-25(30)33)24(30)20(19)2/h10,15,18-24H,8-9,11-14,16-17H2,1-7H3/t19-,20+,21+,22?,23?,24?,27+,28-,29+,30+,31+/m1/s1. The zero-order valence-corrected chi connectivity index (χ0v) is 23.0. The van der Waals surface area contributed by atoms with Gasteiger partial charge in [-0.05, 0) is 91.9 Å². The summed E-state index contributed by atoms with van der Waals surface area (Å²) in [7, 11) is 0. The molecule has 1 aliphatic heterocycles. The van der Waals surface area contributed by atoms with Crippen molar-refractivity contribution in [3.63, 3.8) is 0 Å². The lowest BCUT2D eigenvalue weighted by atomic mass is 9.32. The molecule has 4 heteroatoms. The minimum atomic E-state index is -0.474. The fraction of sp³-hybridized carbons (Fsp3) is 0.871. The lowest BCUT2D eigenvalue weighted by molar-refractivity contribution is -0.246. The van der Waals surface area contributed by atoms with Crippen LogP contribution in [0.4, 0.5) is 0 Å². The normalized spacial score (nSPS) is 57.7. The smallest absolute Gasteiger partial charge is 0.313 e. The number of hydrogen-bond donors (Lipinski definition) is 0. The van der Waals surface area contributed by atoms with Gasteiger partial charge < -0.3 is 9.47 Å². The highest BCUT2D eigenvalue weighted by Gasteiger charge is 2.80. The minimum Gasteiger partial charge on any atom is -0.464 e. The average Bonchev–Trinajstić information content (AvgIpc) is 2.99. The molecule has 1 spiro atoms. The van der Waals surface area contributed by atoms with Crippen LogP contribution in [-0.2, 0) is 19.1 Å². The molecule has 4 saturated carbocycles. The van der Waals surface area contributed by atoms with Crippen LogP contribution in [0.5, 0.6) is 0 Å². The van der Waals surface area contributed by atoms with Crippen molar-refractivity contribution in [2.24, 2.45) is 56.7 Å². The Hall–Kier alpha value is -1.32. The number of fused-ring (bicyclic) bond motifs is 4. The van der Waals surface area contributed by atoms with E-state index < -0.39 is 5.60 Å². The molecule has 0 amide bonds. The summed E-state index contributed by atoms with van der Waals surface area (Å²) in [6, 6.07) is 0. The molecule has 1 saturated heterocycles. The first kappa shape index (κ1) is 24.0. The molecule has 2 bridgehead atoms. The van der Waals surface area contributed by atoms with E-state index in [0.717, 1.165) is 51.4 Å². The van der Waals surface area contributed by atoms with Gasteiger partial charge in [0.05, 0.1) is 5.41 Å². The highest BCUT2D eigenvalue weighted by Crippen LogP contribution is 2.79. The fourth-order valence-corrected chi connectivity index (χ4v) is 11.7. The summed E-state index contributed by atoms with van der Waals surface area (Å²) in [4.78, 5) is 25.0. The molecule has 6 rings (SSSR count). The summed E-state index contributed by atoms with van der Waals surface area (Å²) < 4.78 is 12.4. The predicted octanol–water partition coefficient (Wildman–Crippen LogP) is 6.72. The van der Waals surface area contributed by atoms with Crippen LogP contribution < -0.4 is 0 Å². The third-order valence-electron chi connectivity index (χ3n) is 14.0. The Morgan fingerprint density at radius 2 is 1.71 bits per heavy atom. The number of ether oxygens (including phenoxy) is 2. The number of carbonyl (C=O) groups excluding carboxylic acids is 2. The van der Waals surface area contributed by atoms with Gasteiger partial charge in [-0.3, -0.25) is 9.59 Å². The second-order valence-corrected chi connectivity index (χ2v) is 15.0. The van der Waals surface area contributed by atoms with E-state index in [2.05, 4.69) is 60.6 Å². The van der Waals surface area contributed by atoms with Crippen molar-refractivity contribution in [2.45, 2.75) is 112 Å². The predicted molar refractivity (Wildman–Crippen MR) is 135 cm³/mol. The van der Waals surface area contributed by atoms with E-state index in [4.69, 9.17) is 9.47 Å². The van der Waals surface area contributed by atoms with E-state index >= 15 is 0 Å². The Balaban J connectivity index is 1.48. The van der Waals surface area contributed by atoms with Crippen molar-refractivity contribution < 1.29 is 19.1 Å². The number of rotatable bonds is 2. The van der Waals surface area contributed by atoms with E-state index in [0.29, 0.717) is 30.1 Å². The van der Waals surface area contributed by atoms with E-state index in [9.17, 15) is 9.59 Å². The van der Waals surface area contributed by atoms with Gasteiger partial charge in [-0.1, -0.05) is 54.5 Å². The summed E-state index contributed by atoms with van der Waals surface area (Å²) in [5, 5.41) is 0. The molecule has 0 aromatic heterocycles. The van der Waals surface area contributed by atoms with Crippen LogP contribution in [0.15, 0.2) is 12.2 Å². The van der Waals surface area contributed by atoms with Crippen LogP contribution in [0.25, 0.3) is 0 Å². The second-order valence-electron chi connectivity index (χ2n) is 15.0. The van der Waals surface area contributed by atoms with E-state index in [1.54, 1.807) is 0 Å². The van der Waals surface area contributed by atoms with Gasteiger partial charge in [-0.25, -0.2) is 0 Å². The average molecular weight is 483 g/mol. The molecule has 0 radical (unpaired) electrons. The lowest BCUT2D eigenvalue weighted by Crippen LogP contribution is -2.71. The molecule has 194 valence electrons. The van der Waals surface area contributed by atoms with Crippen molar-refractivity contribution in [3.8, 4) is 0 Å². The molecule has 3 unspecified atom stereocenters. The topological polar surface area (TPSA) is 52.6 Å².